The van der Waals surface area contributed by atoms with Crippen molar-refractivity contribution in [1.82, 2.24) is 20.1 Å². The van der Waals surface area contributed by atoms with Gasteiger partial charge in [0.2, 0.25) is 5.82 Å². The lowest BCUT2D eigenvalue weighted by molar-refractivity contribution is -0.155. The van der Waals surface area contributed by atoms with E-state index in [1.807, 2.05) is 6.92 Å². The van der Waals surface area contributed by atoms with Gasteiger partial charge < -0.3 is 15.5 Å². The third kappa shape index (κ3) is 4.09. The van der Waals surface area contributed by atoms with E-state index in [0.717, 1.165) is 6.92 Å². The minimum atomic E-state index is -2.10. The molecular formula is C15H16Cl2N4O4. The summed E-state index contributed by atoms with van der Waals surface area (Å²) in [6.45, 7) is 2.40. The van der Waals surface area contributed by atoms with E-state index in [9.17, 15) is 14.7 Å². The molecule has 2 rings (SSSR count). The van der Waals surface area contributed by atoms with Gasteiger partial charge in [-0.2, -0.15) is 0 Å². The molecule has 1 aromatic carbocycles. The second-order valence-corrected chi connectivity index (χ2v) is 6.26. The van der Waals surface area contributed by atoms with Gasteiger partial charge in [0.05, 0.1) is 16.6 Å². The summed E-state index contributed by atoms with van der Waals surface area (Å²) in [5.74, 6) is -1.92. The first-order valence-corrected chi connectivity index (χ1v) is 8.07. The number of carboxylic acid groups (broad SMARTS) is 1. The fourth-order valence-electron chi connectivity index (χ4n) is 1.95. The molecular weight excluding hydrogens is 371 g/mol. The van der Waals surface area contributed by atoms with Crippen LogP contribution in [0, 0.1) is 0 Å². The molecule has 0 aliphatic carbocycles. The number of rotatable bonds is 6. The summed E-state index contributed by atoms with van der Waals surface area (Å²) >= 11 is 12.3. The Kier molecular flexibility index (Phi) is 5.66. The van der Waals surface area contributed by atoms with Crippen LogP contribution in [0.3, 0.4) is 0 Å². The highest BCUT2D eigenvalue weighted by atomic mass is 35.5. The molecule has 1 amide bonds. The SMILES string of the molecule is CCc1nc(C(=O)NCC(C)(O)C(=O)O)nn1-c1c(Cl)cccc1Cl. The number of carbonyl (C=O) groups excluding carboxylic acids is 1. The number of aliphatic carboxylic acids is 1. The number of aryl methyl sites for hydroxylation is 1. The molecule has 2 aromatic rings. The molecule has 0 spiro atoms. The number of hydrogen-bond acceptors (Lipinski definition) is 5. The van der Waals surface area contributed by atoms with Crippen LogP contribution in [-0.2, 0) is 11.2 Å². The minimum absolute atomic E-state index is 0.186. The summed E-state index contributed by atoms with van der Waals surface area (Å²) in [5, 5.41) is 25.6. The summed E-state index contributed by atoms with van der Waals surface area (Å²) in [4.78, 5) is 27.2. The fourth-order valence-corrected chi connectivity index (χ4v) is 2.50. The summed E-state index contributed by atoms with van der Waals surface area (Å²) in [5.41, 5.74) is -1.70. The monoisotopic (exact) mass is 386 g/mol. The molecule has 3 N–H and O–H groups in total. The molecule has 8 nitrogen and oxygen atoms in total. The topological polar surface area (TPSA) is 117 Å². The molecule has 10 heteroatoms. The van der Waals surface area contributed by atoms with Gasteiger partial charge in [0.1, 0.15) is 11.5 Å². The summed E-state index contributed by atoms with van der Waals surface area (Å²) in [6.07, 6.45) is 0.453. The van der Waals surface area contributed by atoms with Gasteiger partial charge in [0, 0.05) is 6.42 Å². The molecule has 0 radical (unpaired) electrons. The van der Waals surface area contributed by atoms with Crippen LogP contribution in [0.1, 0.15) is 30.3 Å². The predicted octanol–water partition coefficient (Wildman–Crippen LogP) is 1.70. The average Bonchev–Trinajstić information content (AvgIpc) is 2.96. The third-order valence-corrected chi connectivity index (χ3v) is 4.01. The van der Waals surface area contributed by atoms with Gasteiger partial charge in [-0.1, -0.05) is 36.2 Å². The second kappa shape index (κ2) is 7.38. The van der Waals surface area contributed by atoms with Gasteiger partial charge in [-0.15, -0.1) is 5.10 Å². The Bertz CT molecular complexity index is 800. The number of benzene rings is 1. The summed E-state index contributed by atoms with van der Waals surface area (Å²) in [6, 6.07) is 4.94. The van der Waals surface area contributed by atoms with Crippen LogP contribution < -0.4 is 5.32 Å². The first-order valence-electron chi connectivity index (χ1n) is 7.31. The smallest absolute Gasteiger partial charge is 0.337 e. The Balaban J connectivity index is 2.32. The van der Waals surface area contributed by atoms with Crippen molar-refractivity contribution in [1.29, 1.82) is 0 Å². The Morgan fingerprint density at radius 2 is 1.92 bits per heavy atom. The van der Waals surface area contributed by atoms with E-state index in [0.29, 0.717) is 28.0 Å². The van der Waals surface area contributed by atoms with Crippen LogP contribution in [0.25, 0.3) is 5.69 Å². The van der Waals surface area contributed by atoms with Gasteiger partial charge in [0.15, 0.2) is 5.60 Å². The van der Waals surface area contributed by atoms with Crippen molar-refractivity contribution in [3.8, 4) is 5.69 Å². The Hall–Kier alpha value is -2.16. The molecule has 1 unspecified atom stereocenters. The van der Waals surface area contributed by atoms with Crippen molar-refractivity contribution in [3.63, 3.8) is 0 Å². The molecule has 0 fully saturated rings. The van der Waals surface area contributed by atoms with E-state index in [-0.39, 0.29) is 5.82 Å². The average molecular weight is 387 g/mol. The van der Waals surface area contributed by atoms with Gasteiger partial charge in [-0.3, -0.25) is 4.79 Å². The van der Waals surface area contributed by atoms with Crippen molar-refractivity contribution in [2.24, 2.45) is 0 Å². The van der Waals surface area contributed by atoms with Gasteiger partial charge >= 0.3 is 5.97 Å². The quantitative estimate of drug-likeness (QED) is 0.695. The minimum Gasteiger partial charge on any atom is -0.479 e. The molecule has 134 valence electrons. The first-order chi connectivity index (χ1) is 11.7. The predicted molar refractivity (Wildman–Crippen MR) is 91.3 cm³/mol. The maximum absolute atomic E-state index is 12.2. The lowest BCUT2D eigenvalue weighted by Gasteiger charge is -2.17. The molecule has 0 aliphatic rings. The lowest BCUT2D eigenvalue weighted by atomic mass is 10.1. The van der Waals surface area contributed by atoms with Crippen molar-refractivity contribution in [2.45, 2.75) is 25.9 Å². The fraction of sp³-hybridized carbons (Fsp3) is 0.333. The van der Waals surface area contributed by atoms with Crippen LogP contribution in [0.15, 0.2) is 18.2 Å². The zero-order valence-electron chi connectivity index (χ0n) is 13.5. The lowest BCUT2D eigenvalue weighted by Crippen LogP contribution is -2.46. The van der Waals surface area contributed by atoms with E-state index in [4.69, 9.17) is 28.3 Å². The van der Waals surface area contributed by atoms with Crippen LogP contribution >= 0.6 is 23.2 Å². The number of nitrogens with zero attached hydrogens (tertiary/aromatic N) is 3. The zero-order chi connectivity index (χ0) is 18.8. The van der Waals surface area contributed by atoms with E-state index < -0.39 is 24.0 Å². The van der Waals surface area contributed by atoms with E-state index in [1.54, 1.807) is 18.2 Å². The summed E-state index contributed by atoms with van der Waals surface area (Å²) < 4.78 is 1.37. The number of halogens is 2. The van der Waals surface area contributed by atoms with Crippen molar-refractivity contribution in [3.05, 3.63) is 39.9 Å². The van der Waals surface area contributed by atoms with Crippen LogP contribution in [0.4, 0.5) is 0 Å². The number of aliphatic hydroxyl groups is 1. The molecule has 1 heterocycles. The van der Waals surface area contributed by atoms with E-state index >= 15 is 0 Å². The first kappa shape index (κ1) is 19.2. The number of carboxylic acids is 1. The zero-order valence-corrected chi connectivity index (χ0v) is 15.0. The van der Waals surface area contributed by atoms with Crippen molar-refractivity contribution in [2.75, 3.05) is 6.54 Å². The molecule has 1 atom stereocenters. The molecule has 1 aromatic heterocycles. The maximum atomic E-state index is 12.2. The maximum Gasteiger partial charge on any atom is 0.337 e. The Labute approximate surface area is 153 Å². The highest BCUT2D eigenvalue weighted by Crippen LogP contribution is 2.28. The van der Waals surface area contributed by atoms with Crippen LogP contribution in [-0.4, -0.2) is 49.0 Å². The normalized spacial score (nSPS) is 13.3. The van der Waals surface area contributed by atoms with Crippen LogP contribution in [0.2, 0.25) is 10.0 Å². The number of aromatic nitrogens is 3. The number of amides is 1. The Morgan fingerprint density at radius 3 is 2.44 bits per heavy atom. The standard InChI is InChI=1S/C15H16Cl2N4O4/c1-3-10-19-12(13(22)18-7-15(2,25)14(23)24)20-21(10)11-8(16)5-4-6-9(11)17/h4-6,25H,3,7H2,1-2H3,(H,18,22)(H,23,24). The van der Waals surface area contributed by atoms with Gasteiger partial charge in [-0.05, 0) is 19.1 Å². The number of hydrogen-bond donors (Lipinski definition) is 3. The van der Waals surface area contributed by atoms with E-state index in [2.05, 4.69) is 15.4 Å². The number of nitrogens with one attached hydrogen (secondary N) is 1. The van der Waals surface area contributed by atoms with E-state index in [1.165, 1.54) is 4.68 Å². The molecule has 25 heavy (non-hydrogen) atoms. The molecule has 0 saturated heterocycles. The highest BCUT2D eigenvalue weighted by Gasteiger charge is 2.31. The summed E-state index contributed by atoms with van der Waals surface area (Å²) in [7, 11) is 0. The van der Waals surface area contributed by atoms with Crippen LogP contribution in [0.5, 0.6) is 0 Å². The third-order valence-electron chi connectivity index (χ3n) is 3.40. The molecule has 0 aliphatic heterocycles. The number of carbonyl (C=O) groups is 2. The Morgan fingerprint density at radius 1 is 1.32 bits per heavy atom. The van der Waals surface area contributed by atoms with Gasteiger partial charge in [-0.25, -0.2) is 14.5 Å². The van der Waals surface area contributed by atoms with Crippen molar-refractivity contribution >= 4 is 35.1 Å². The number of para-hydroxylation sites is 1. The van der Waals surface area contributed by atoms with Crippen molar-refractivity contribution < 1.29 is 19.8 Å². The highest BCUT2D eigenvalue weighted by molar-refractivity contribution is 6.37. The molecule has 0 saturated carbocycles. The molecule has 0 bridgehead atoms. The van der Waals surface area contributed by atoms with Gasteiger partial charge in [0.25, 0.3) is 5.91 Å². The largest absolute Gasteiger partial charge is 0.479 e. The second-order valence-electron chi connectivity index (χ2n) is 5.45.